The number of hydrogen-bond acceptors (Lipinski definition) is 5. The van der Waals surface area contributed by atoms with E-state index < -0.39 is 17.7 Å². The van der Waals surface area contributed by atoms with Crippen molar-refractivity contribution in [3.8, 4) is 0 Å². The molecule has 0 fully saturated rings. The summed E-state index contributed by atoms with van der Waals surface area (Å²) in [6.07, 6.45) is 0. The molecule has 0 saturated heterocycles. The lowest BCUT2D eigenvalue weighted by atomic mass is 9.97. The maximum Gasteiger partial charge on any atom is 0.379 e. The highest BCUT2D eigenvalue weighted by molar-refractivity contribution is 6.40. The van der Waals surface area contributed by atoms with Crippen molar-refractivity contribution in [1.29, 1.82) is 0 Å². The molecule has 0 N–H and O–H groups in total. The maximum absolute atomic E-state index is 11.8. The molecular formula is C14H16O5. The minimum absolute atomic E-state index is 0.124. The molecule has 0 radical (unpaired) electrons. The molecule has 0 aliphatic heterocycles. The Balaban J connectivity index is 3.24. The van der Waals surface area contributed by atoms with Crippen LogP contribution in [0.25, 0.3) is 0 Å². The quantitative estimate of drug-likeness (QED) is 0.471. The highest BCUT2D eigenvalue weighted by Crippen LogP contribution is 2.18. The molecule has 102 valence electrons. The number of Topliss-reactive ketones (excluding diaryl/α,β-unsaturated/α-hetero) is 1. The normalized spacial score (nSPS) is 9.89. The monoisotopic (exact) mass is 264 g/mol. The van der Waals surface area contributed by atoms with Gasteiger partial charge in [0.2, 0.25) is 0 Å². The Morgan fingerprint density at radius 1 is 1.16 bits per heavy atom. The van der Waals surface area contributed by atoms with E-state index in [1.807, 2.05) is 0 Å². The first-order valence-corrected chi connectivity index (χ1v) is 5.83. The first-order valence-electron chi connectivity index (χ1n) is 5.83. The Morgan fingerprint density at radius 2 is 1.79 bits per heavy atom. The van der Waals surface area contributed by atoms with E-state index in [1.165, 1.54) is 13.2 Å². The molecule has 5 nitrogen and oxygen atoms in total. The Hall–Kier alpha value is -2.17. The van der Waals surface area contributed by atoms with Gasteiger partial charge in [-0.15, -0.1) is 0 Å². The van der Waals surface area contributed by atoms with Crippen LogP contribution in [0.2, 0.25) is 0 Å². The summed E-state index contributed by atoms with van der Waals surface area (Å²) in [5.41, 5.74) is 1.85. The Bertz CT molecular complexity index is 531. The second-order valence-electron chi connectivity index (χ2n) is 4.01. The third kappa shape index (κ3) is 3.19. The van der Waals surface area contributed by atoms with Crippen molar-refractivity contribution < 1.29 is 23.9 Å². The summed E-state index contributed by atoms with van der Waals surface area (Å²) in [5, 5.41) is 0. The van der Waals surface area contributed by atoms with Crippen LogP contribution in [0.15, 0.2) is 12.1 Å². The molecule has 1 aromatic carbocycles. The highest BCUT2D eigenvalue weighted by atomic mass is 16.5. The summed E-state index contributed by atoms with van der Waals surface area (Å²) in [6, 6.07) is 2.91. The second-order valence-corrected chi connectivity index (χ2v) is 4.01. The van der Waals surface area contributed by atoms with Gasteiger partial charge in [0.05, 0.1) is 19.3 Å². The molecule has 0 atom stereocenters. The number of rotatable bonds is 4. The van der Waals surface area contributed by atoms with E-state index in [0.717, 1.165) is 5.56 Å². The Kier molecular flexibility index (Phi) is 4.80. The number of aryl methyl sites for hydroxylation is 1. The van der Waals surface area contributed by atoms with Crippen molar-refractivity contribution in [2.24, 2.45) is 0 Å². The smallest absolute Gasteiger partial charge is 0.379 e. The fourth-order valence-electron chi connectivity index (χ4n) is 1.63. The summed E-state index contributed by atoms with van der Waals surface area (Å²) in [6.45, 7) is 5.24. The molecule has 0 aromatic heterocycles. The summed E-state index contributed by atoms with van der Waals surface area (Å²) < 4.78 is 9.30. The highest BCUT2D eigenvalue weighted by Gasteiger charge is 2.21. The lowest BCUT2D eigenvalue weighted by Gasteiger charge is -2.09. The third-order valence-corrected chi connectivity index (χ3v) is 2.80. The molecule has 0 amide bonds. The number of carbonyl (C=O) groups is 3. The summed E-state index contributed by atoms with van der Waals surface area (Å²) >= 11 is 0. The van der Waals surface area contributed by atoms with E-state index >= 15 is 0 Å². The van der Waals surface area contributed by atoms with Crippen molar-refractivity contribution in [3.63, 3.8) is 0 Å². The van der Waals surface area contributed by atoms with Gasteiger partial charge in [0.15, 0.2) is 0 Å². The van der Waals surface area contributed by atoms with Crippen LogP contribution >= 0.6 is 0 Å². The van der Waals surface area contributed by atoms with E-state index in [1.54, 1.807) is 26.8 Å². The van der Waals surface area contributed by atoms with Crippen LogP contribution in [-0.4, -0.2) is 31.4 Å². The zero-order valence-corrected chi connectivity index (χ0v) is 11.4. The molecule has 0 saturated carbocycles. The lowest BCUT2D eigenvalue weighted by molar-refractivity contribution is -0.137. The Morgan fingerprint density at radius 3 is 2.32 bits per heavy atom. The van der Waals surface area contributed by atoms with Gasteiger partial charge in [-0.05, 0) is 44.0 Å². The lowest BCUT2D eigenvalue weighted by Crippen LogP contribution is -2.19. The zero-order chi connectivity index (χ0) is 14.6. The van der Waals surface area contributed by atoms with Crippen LogP contribution in [0.4, 0.5) is 0 Å². The average Bonchev–Trinajstić information content (AvgIpc) is 2.40. The number of benzene rings is 1. The van der Waals surface area contributed by atoms with Crippen molar-refractivity contribution in [3.05, 3.63) is 34.4 Å². The summed E-state index contributed by atoms with van der Waals surface area (Å²) in [7, 11) is 1.26. The second kappa shape index (κ2) is 6.13. The number of methoxy groups -OCH3 is 1. The summed E-state index contributed by atoms with van der Waals surface area (Å²) in [4.78, 5) is 34.8. The number of esters is 2. The number of ether oxygens (including phenoxy) is 2. The molecule has 0 bridgehead atoms. The van der Waals surface area contributed by atoms with Crippen molar-refractivity contribution in [2.75, 3.05) is 13.7 Å². The van der Waals surface area contributed by atoms with E-state index in [-0.39, 0.29) is 17.7 Å². The fraction of sp³-hybridized carbons (Fsp3) is 0.357. The maximum atomic E-state index is 11.8. The molecule has 0 aliphatic carbocycles. The van der Waals surface area contributed by atoms with Gasteiger partial charge >= 0.3 is 11.9 Å². The van der Waals surface area contributed by atoms with Crippen molar-refractivity contribution >= 4 is 17.7 Å². The van der Waals surface area contributed by atoms with Gasteiger partial charge < -0.3 is 9.47 Å². The molecule has 0 aliphatic rings. The van der Waals surface area contributed by atoms with Crippen LogP contribution in [0.1, 0.15) is 38.8 Å². The van der Waals surface area contributed by atoms with Gasteiger partial charge in [0.1, 0.15) is 0 Å². The largest absolute Gasteiger partial charge is 0.465 e. The molecule has 0 unspecified atom stereocenters. The van der Waals surface area contributed by atoms with E-state index in [2.05, 4.69) is 9.47 Å². The molecule has 0 heterocycles. The minimum atomic E-state index is -0.929. The topological polar surface area (TPSA) is 69.7 Å². The predicted molar refractivity (Wildman–Crippen MR) is 68.2 cm³/mol. The van der Waals surface area contributed by atoms with Crippen molar-refractivity contribution in [1.82, 2.24) is 0 Å². The SMILES string of the molecule is CCOC(=O)C(=O)c1cc(C)c(C)c(C(=O)OC)c1. The van der Waals surface area contributed by atoms with Gasteiger partial charge in [0.25, 0.3) is 5.78 Å². The number of carbonyl (C=O) groups excluding carboxylic acids is 3. The van der Waals surface area contributed by atoms with E-state index in [0.29, 0.717) is 5.56 Å². The Labute approximate surface area is 111 Å². The van der Waals surface area contributed by atoms with Gasteiger partial charge in [-0.1, -0.05) is 0 Å². The van der Waals surface area contributed by atoms with Crippen LogP contribution in [-0.2, 0) is 14.3 Å². The number of hydrogen-bond donors (Lipinski definition) is 0. The van der Waals surface area contributed by atoms with Crippen LogP contribution in [0, 0.1) is 13.8 Å². The van der Waals surface area contributed by atoms with Crippen LogP contribution in [0.5, 0.6) is 0 Å². The van der Waals surface area contributed by atoms with Gasteiger partial charge in [-0.2, -0.15) is 0 Å². The molecule has 5 heteroatoms. The summed E-state index contributed by atoms with van der Waals surface area (Å²) in [5.74, 6) is -2.24. The van der Waals surface area contributed by atoms with Gasteiger partial charge in [0, 0.05) is 5.56 Å². The standard InChI is InChI=1S/C14H16O5/c1-5-19-14(17)12(15)10-6-8(2)9(3)11(7-10)13(16)18-4/h6-7H,5H2,1-4H3. The molecular weight excluding hydrogens is 248 g/mol. The van der Waals surface area contributed by atoms with E-state index in [4.69, 9.17) is 0 Å². The molecule has 19 heavy (non-hydrogen) atoms. The van der Waals surface area contributed by atoms with E-state index in [9.17, 15) is 14.4 Å². The van der Waals surface area contributed by atoms with Crippen molar-refractivity contribution in [2.45, 2.75) is 20.8 Å². The first-order chi connectivity index (χ1) is 8.92. The average molecular weight is 264 g/mol. The van der Waals surface area contributed by atoms with Gasteiger partial charge in [-0.3, -0.25) is 4.79 Å². The van der Waals surface area contributed by atoms with Crippen LogP contribution < -0.4 is 0 Å². The zero-order valence-electron chi connectivity index (χ0n) is 11.4. The molecule has 1 rings (SSSR count). The fourth-order valence-corrected chi connectivity index (χ4v) is 1.63. The first kappa shape index (κ1) is 14.9. The number of ketones is 1. The minimum Gasteiger partial charge on any atom is -0.465 e. The van der Waals surface area contributed by atoms with Crippen LogP contribution in [0.3, 0.4) is 0 Å². The molecule has 1 aromatic rings. The van der Waals surface area contributed by atoms with Gasteiger partial charge in [-0.25, -0.2) is 9.59 Å². The third-order valence-electron chi connectivity index (χ3n) is 2.80. The predicted octanol–water partition coefficient (Wildman–Crippen LogP) is 1.84. The molecule has 0 spiro atoms.